The minimum absolute atomic E-state index is 0.258. The molecule has 1 amide bonds. The molecule has 0 radical (unpaired) electrons. The Morgan fingerprint density at radius 2 is 2.25 bits per heavy atom. The number of rotatable bonds is 2. The highest BCUT2D eigenvalue weighted by Gasteiger charge is 2.19. The van der Waals surface area contributed by atoms with Gasteiger partial charge in [0.25, 0.3) is 5.91 Å². The number of nitrogens with zero attached hydrogens (tertiary/aromatic N) is 2. The molecule has 0 saturated carbocycles. The summed E-state index contributed by atoms with van der Waals surface area (Å²) in [5.41, 5.74) is 0.398. The molecule has 0 bridgehead atoms. The lowest BCUT2D eigenvalue weighted by Gasteiger charge is -2.19. The Kier molecular flexibility index (Phi) is 4.34. The predicted octanol–water partition coefficient (Wildman–Crippen LogP) is 3.09. The minimum atomic E-state index is -0.479. The van der Waals surface area contributed by atoms with E-state index >= 15 is 0 Å². The molecule has 0 aromatic heterocycles. The maximum Gasteiger partial charge on any atom is 0.256 e. The smallest absolute Gasteiger partial charge is 0.256 e. The first-order chi connectivity index (χ1) is 7.47. The van der Waals surface area contributed by atoms with E-state index < -0.39 is 6.04 Å². The van der Waals surface area contributed by atoms with Gasteiger partial charge in [0.2, 0.25) is 0 Å². The van der Waals surface area contributed by atoms with Crippen LogP contribution >= 0.6 is 27.5 Å². The van der Waals surface area contributed by atoms with E-state index in [9.17, 15) is 4.79 Å². The van der Waals surface area contributed by atoms with Crippen molar-refractivity contribution < 1.29 is 4.79 Å². The van der Waals surface area contributed by atoms with E-state index in [-0.39, 0.29) is 5.91 Å². The van der Waals surface area contributed by atoms with E-state index in [1.807, 2.05) is 6.07 Å². The summed E-state index contributed by atoms with van der Waals surface area (Å²) in [7, 11) is 1.58. The largest absolute Gasteiger partial charge is 0.326 e. The molecule has 0 aliphatic carbocycles. The third-order valence-corrected chi connectivity index (χ3v) is 3.06. The van der Waals surface area contributed by atoms with Gasteiger partial charge in [0.1, 0.15) is 6.04 Å². The van der Waals surface area contributed by atoms with Gasteiger partial charge in [-0.1, -0.05) is 27.5 Å². The van der Waals surface area contributed by atoms with Gasteiger partial charge in [-0.25, -0.2) is 0 Å². The Labute approximate surface area is 108 Å². The first-order valence-corrected chi connectivity index (χ1v) is 5.76. The topological polar surface area (TPSA) is 44.1 Å². The Balaban J connectivity index is 3.02. The minimum Gasteiger partial charge on any atom is -0.326 e. The van der Waals surface area contributed by atoms with Crippen LogP contribution in [0.25, 0.3) is 0 Å². The van der Waals surface area contributed by atoms with Gasteiger partial charge in [0.15, 0.2) is 0 Å². The maximum absolute atomic E-state index is 12.0. The fourth-order valence-electron chi connectivity index (χ4n) is 1.12. The summed E-state index contributed by atoms with van der Waals surface area (Å²) < 4.78 is 0.810. The third-order valence-electron chi connectivity index (χ3n) is 2.25. The second-order valence-corrected chi connectivity index (χ2v) is 4.67. The normalized spacial score (nSPS) is 11.7. The lowest BCUT2D eigenvalue weighted by Crippen LogP contribution is -2.34. The highest BCUT2D eigenvalue weighted by Crippen LogP contribution is 2.22. The van der Waals surface area contributed by atoms with Crippen LogP contribution in [0.5, 0.6) is 0 Å². The Morgan fingerprint density at radius 1 is 1.62 bits per heavy atom. The molecule has 0 saturated heterocycles. The summed E-state index contributed by atoms with van der Waals surface area (Å²) in [6, 6.07) is 6.55. The molecule has 1 aromatic carbocycles. The molecular weight excluding hydrogens is 291 g/mol. The van der Waals surface area contributed by atoms with Gasteiger partial charge in [-0.3, -0.25) is 4.79 Å². The fourth-order valence-corrected chi connectivity index (χ4v) is 1.87. The molecule has 0 fully saturated rings. The van der Waals surface area contributed by atoms with E-state index in [4.69, 9.17) is 16.9 Å². The van der Waals surface area contributed by atoms with Crippen LogP contribution in [0.2, 0.25) is 5.02 Å². The maximum atomic E-state index is 12.0. The average Bonchev–Trinajstić information content (AvgIpc) is 2.26. The van der Waals surface area contributed by atoms with Crippen molar-refractivity contribution in [2.24, 2.45) is 0 Å². The van der Waals surface area contributed by atoms with Crippen LogP contribution in [0.15, 0.2) is 22.7 Å². The van der Waals surface area contributed by atoms with Gasteiger partial charge in [-0.15, -0.1) is 0 Å². The van der Waals surface area contributed by atoms with Gasteiger partial charge in [0, 0.05) is 11.5 Å². The summed E-state index contributed by atoms with van der Waals surface area (Å²) in [5, 5.41) is 9.10. The number of amides is 1. The van der Waals surface area contributed by atoms with Crippen molar-refractivity contribution in [1.82, 2.24) is 4.90 Å². The molecule has 3 nitrogen and oxygen atoms in total. The van der Waals surface area contributed by atoms with Crippen LogP contribution in [0.3, 0.4) is 0 Å². The summed E-state index contributed by atoms with van der Waals surface area (Å²) in [4.78, 5) is 13.3. The third kappa shape index (κ3) is 2.75. The molecule has 0 aliphatic heterocycles. The number of nitriles is 1. The molecule has 0 spiro atoms. The highest BCUT2D eigenvalue weighted by atomic mass is 79.9. The van der Waals surface area contributed by atoms with Crippen LogP contribution in [0.4, 0.5) is 0 Å². The number of hydrogen-bond acceptors (Lipinski definition) is 2. The highest BCUT2D eigenvalue weighted by molar-refractivity contribution is 9.10. The summed E-state index contributed by atoms with van der Waals surface area (Å²) >= 11 is 9.22. The number of carbonyl (C=O) groups is 1. The summed E-state index contributed by atoms with van der Waals surface area (Å²) in [5.74, 6) is -0.258. The molecule has 1 aromatic rings. The molecule has 1 rings (SSSR count). The van der Waals surface area contributed by atoms with Crippen LogP contribution in [0, 0.1) is 11.3 Å². The van der Waals surface area contributed by atoms with E-state index in [0.29, 0.717) is 10.6 Å². The number of hydrogen-bond donors (Lipinski definition) is 0. The van der Waals surface area contributed by atoms with Gasteiger partial charge >= 0.3 is 0 Å². The molecule has 0 aliphatic rings. The van der Waals surface area contributed by atoms with Crippen molar-refractivity contribution in [3.8, 4) is 6.07 Å². The Hall–Kier alpha value is -1.05. The first-order valence-electron chi connectivity index (χ1n) is 4.59. The quantitative estimate of drug-likeness (QED) is 0.842. The van der Waals surface area contributed by atoms with Gasteiger partial charge in [-0.05, 0) is 25.1 Å². The molecule has 5 heteroatoms. The van der Waals surface area contributed by atoms with Crippen LogP contribution < -0.4 is 0 Å². The lowest BCUT2D eigenvalue weighted by atomic mass is 10.2. The molecule has 84 valence electrons. The fraction of sp³-hybridized carbons (Fsp3) is 0.273. The second kappa shape index (κ2) is 5.33. The van der Waals surface area contributed by atoms with Crippen molar-refractivity contribution in [2.75, 3.05) is 7.05 Å². The van der Waals surface area contributed by atoms with E-state index in [0.717, 1.165) is 4.47 Å². The molecular formula is C11H10BrClN2O. The van der Waals surface area contributed by atoms with Crippen LogP contribution in [0.1, 0.15) is 17.3 Å². The molecule has 0 heterocycles. The van der Waals surface area contributed by atoms with Crippen molar-refractivity contribution in [2.45, 2.75) is 13.0 Å². The zero-order valence-electron chi connectivity index (χ0n) is 8.87. The van der Waals surface area contributed by atoms with Crippen molar-refractivity contribution >= 4 is 33.4 Å². The van der Waals surface area contributed by atoms with Crippen LogP contribution in [-0.2, 0) is 0 Å². The van der Waals surface area contributed by atoms with Crippen molar-refractivity contribution in [3.05, 3.63) is 33.3 Å². The zero-order chi connectivity index (χ0) is 12.3. The summed E-state index contributed by atoms with van der Waals surface area (Å²) in [6.07, 6.45) is 0. The van der Waals surface area contributed by atoms with Gasteiger partial charge in [-0.2, -0.15) is 5.26 Å². The standard InChI is InChI=1S/C11H10BrClN2O/c1-7(6-14)15(2)11(16)9-4-3-8(12)5-10(9)13/h3-5,7H,1-2H3. The molecule has 0 N–H and O–H groups in total. The molecule has 1 unspecified atom stereocenters. The number of halogens is 2. The van der Waals surface area contributed by atoms with Crippen molar-refractivity contribution in [1.29, 1.82) is 5.26 Å². The van der Waals surface area contributed by atoms with Crippen LogP contribution in [-0.4, -0.2) is 23.9 Å². The SMILES string of the molecule is CC(C#N)N(C)C(=O)c1ccc(Br)cc1Cl. The van der Waals surface area contributed by atoms with Gasteiger partial charge in [0.05, 0.1) is 16.7 Å². The second-order valence-electron chi connectivity index (χ2n) is 3.35. The monoisotopic (exact) mass is 300 g/mol. The Morgan fingerprint density at radius 3 is 2.75 bits per heavy atom. The zero-order valence-corrected chi connectivity index (χ0v) is 11.2. The van der Waals surface area contributed by atoms with Gasteiger partial charge < -0.3 is 4.90 Å². The van der Waals surface area contributed by atoms with E-state index in [2.05, 4.69) is 15.9 Å². The Bertz CT molecular complexity index is 456. The number of benzene rings is 1. The molecule has 1 atom stereocenters. The van der Waals surface area contributed by atoms with Crippen molar-refractivity contribution in [3.63, 3.8) is 0 Å². The van der Waals surface area contributed by atoms with E-state index in [1.54, 1.807) is 32.2 Å². The van der Waals surface area contributed by atoms with E-state index in [1.165, 1.54) is 4.90 Å². The lowest BCUT2D eigenvalue weighted by molar-refractivity contribution is 0.0773. The predicted molar refractivity (Wildman–Crippen MR) is 66.3 cm³/mol. The first kappa shape index (κ1) is 13.0. The molecule has 16 heavy (non-hydrogen) atoms. The number of carbonyl (C=O) groups excluding carboxylic acids is 1. The summed E-state index contributed by atoms with van der Waals surface area (Å²) in [6.45, 7) is 1.66. The average molecular weight is 302 g/mol.